The molecule has 0 radical (unpaired) electrons. The van der Waals surface area contributed by atoms with Crippen molar-refractivity contribution in [1.82, 2.24) is 0 Å². The standard InChI is InChI=1S/C17H32O2/c1-2-3-4-7-10-13-16-14-11-8-5-6-9-12-15-17(18)19-16/h16H,2-15H2,1H3. The summed E-state index contributed by atoms with van der Waals surface area (Å²) >= 11 is 0. The Morgan fingerprint density at radius 3 is 2.42 bits per heavy atom. The van der Waals surface area contributed by atoms with Crippen LogP contribution in [0.4, 0.5) is 0 Å². The molecule has 0 amide bonds. The number of esters is 1. The maximum Gasteiger partial charge on any atom is 0.306 e. The Bertz CT molecular complexity index is 225. The predicted octanol–water partition coefficient (Wildman–Crippen LogP) is 5.39. The lowest BCUT2D eigenvalue weighted by Crippen LogP contribution is -2.18. The number of cyclic esters (lactones) is 1. The van der Waals surface area contributed by atoms with Crippen molar-refractivity contribution in [3.05, 3.63) is 0 Å². The van der Waals surface area contributed by atoms with Crippen LogP contribution in [-0.4, -0.2) is 12.1 Å². The number of hydrogen-bond acceptors (Lipinski definition) is 2. The average Bonchev–Trinajstić information content (AvgIpc) is 2.44. The predicted molar refractivity (Wildman–Crippen MR) is 80.2 cm³/mol. The van der Waals surface area contributed by atoms with Gasteiger partial charge in [-0.2, -0.15) is 0 Å². The van der Waals surface area contributed by atoms with E-state index in [0.717, 1.165) is 19.3 Å². The molecule has 1 rings (SSSR count). The number of hydrogen-bond donors (Lipinski definition) is 0. The van der Waals surface area contributed by atoms with Crippen molar-refractivity contribution < 1.29 is 9.53 Å². The van der Waals surface area contributed by atoms with Gasteiger partial charge in [-0.15, -0.1) is 0 Å². The average molecular weight is 268 g/mol. The van der Waals surface area contributed by atoms with Crippen LogP contribution in [0.5, 0.6) is 0 Å². The van der Waals surface area contributed by atoms with Crippen molar-refractivity contribution in [3.63, 3.8) is 0 Å². The molecule has 1 aliphatic heterocycles. The number of ether oxygens (including phenoxy) is 1. The van der Waals surface area contributed by atoms with E-state index in [1.54, 1.807) is 0 Å². The summed E-state index contributed by atoms with van der Waals surface area (Å²) < 4.78 is 5.65. The first kappa shape index (κ1) is 16.5. The molecule has 0 aromatic rings. The highest BCUT2D eigenvalue weighted by atomic mass is 16.5. The second kappa shape index (κ2) is 11.3. The van der Waals surface area contributed by atoms with Gasteiger partial charge in [-0.1, -0.05) is 58.3 Å². The third kappa shape index (κ3) is 9.07. The zero-order valence-electron chi connectivity index (χ0n) is 12.8. The summed E-state index contributed by atoms with van der Waals surface area (Å²) in [6.45, 7) is 2.24. The Labute approximate surface area is 119 Å². The van der Waals surface area contributed by atoms with Crippen molar-refractivity contribution in [2.24, 2.45) is 0 Å². The van der Waals surface area contributed by atoms with Crippen molar-refractivity contribution in [2.45, 2.75) is 103 Å². The molecule has 0 aliphatic carbocycles. The second-order valence-corrected chi connectivity index (χ2v) is 5.97. The molecule has 0 N–H and O–H groups in total. The zero-order valence-corrected chi connectivity index (χ0v) is 12.8. The van der Waals surface area contributed by atoms with Crippen molar-refractivity contribution in [3.8, 4) is 0 Å². The van der Waals surface area contributed by atoms with Gasteiger partial charge in [-0.05, 0) is 32.1 Å². The van der Waals surface area contributed by atoms with Crippen LogP contribution in [0.25, 0.3) is 0 Å². The van der Waals surface area contributed by atoms with E-state index >= 15 is 0 Å². The molecule has 1 aliphatic rings. The van der Waals surface area contributed by atoms with E-state index in [2.05, 4.69) is 6.92 Å². The number of rotatable bonds is 6. The van der Waals surface area contributed by atoms with Crippen LogP contribution in [0.3, 0.4) is 0 Å². The molecule has 0 bridgehead atoms. The first-order valence-corrected chi connectivity index (χ1v) is 8.52. The molecule has 1 unspecified atom stereocenters. The molecule has 112 valence electrons. The van der Waals surface area contributed by atoms with Crippen LogP contribution in [0.15, 0.2) is 0 Å². The highest BCUT2D eigenvalue weighted by Gasteiger charge is 2.14. The summed E-state index contributed by atoms with van der Waals surface area (Å²) in [5.74, 6) is 0.0421. The highest BCUT2D eigenvalue weighted by Crippen LogP contribution is 2.19. The van der Waals surface area contributed by atoms with E-state index in [9.17, 15) is 4.79 Å². The Morgan fingerprint density at radius 1 is 0.947 bits per heavy atom. The van der Waals surface area contributed by atoms with Crippen LogP contribution in [0.1, 0.15) is 96.8 Å². The van der Waals surface area contributed by atoms with Gasteiger partial charge in [0.1, 0.15) is 6.10 Å². The number of carbonyl (C=O) groups is 1. The van der Waals surface area contributed by atoms with Crippen molar-refractivity contribution in [2.75, 3.05) is 0 Å². The topological polar surface area (TPSA) is 26.3 Å². The van der Waals surface area contributed by atoms with E-state index in [-0.39, 0.29) is 12.1 Å². The van der Waals surface area contributed by atoms with Crippen LogP contribution in [-0.2, 0) is 9.53 Å². The lowest BCUT2D eigenvalue weighted by Gasteiger charge is -2.17. The fraction of sp³-hybridized carbons (Fsp3) is 0.941. The summed E-state index contributed by atoms with van der Waals surface area (Å²) in [6, 6.07) is 0. The zero-order chi connectivity index (χ0) is 13.8. The normalized spacial score (nSPS) is 22.6. The van der Waals surface area contributed by atoms with Crippen molar-refractivity contribution >= 4 is 5.97 Å². The molecule has 0 spiro atoms. The molecule has 1 heterocycles. The molecular formula is C17H32O2. The summed E-state index contributed by atoms with van der Waals surface area (Å²) in [5.41, 5.74) is 0. The minimum absolute atomic E-state index is 0.0421. The molecule has 1 fully saturated rings. The molecule has 19 heavy (non-hydrogen) atoms. The van der Waals surface area contributed by atoms with Gasteiger partial charge in [0, 0.05) is 6.42 Å². The Kier molecular flexibility index (Phi) is 9.84. The highest BCUT2D eigenvalue weighted by molar-refractivity contribution is 5.69. The second-order valence-electron chi connectivity index (χ2n) is 5.97. The van der Waals surface area contributed by atoms with Crippen LogP contribution in [0.2, 0.25) is 0 Å². The molecule has 2 heteroatoms. The Morgan fingerprint density at radius 2 is 1.63 bits per heavy atom. The van der Waals surface area contributed by atoms with E-state index in [0.29, 0.717) is 6.42 Å². The monoisotopic (exact) mass is 268 g/mol. The third-order valence-electron chi connectivity index (χ3n) is 4.08. The van der Waals surface area contributed by atoms with E-state index in [1.165, 1.54) is 64.2 Å². The quantitative estimate of drug-likeness (QED) is 0.476. The van der Waals surface area contributed by atoms with Gasteiger partial charge in [-0.25, -0.2) is 0 Å². The fourth-order valence-corrected chi connectivity index (χ4v) is 2.83. The minimum atomic E-state index is 0.0421. The first-order chi connectivity index (χ1) is 9.33. The largest absolute Gasteiger partial charge is 0.462 e. The maximum absolute atomic E-state index is 11.7. The van der Waals surface area contributed by atoms with Gasteiger partial charge < -0.3 is 4.74 Å². The summed E-state index contributed by atoms with van der Waals surface area (Å²) in [4.78, 5) is 11.7. The van der Waals surface area contributed by atoms with Crippen LogP contribution in [0, 0.1) is 0 Å². The number of carbonyl (C=O) groups excluding carboxylic acids is 1. The third-order valence-corrected chi connectivity index (χ3v) is 4.08. The first-order valence-electron chi connectivity index (χ1n) is 8.52. The van der Waals surface area contributed by atoms with E-state index in [4.69, 9.17) is 4.74 Å². The van der Waals surface area contributed by atoms with Crippen LogP contribution < -0.4 is 0 Å². The molecule has 1 saturated heterocycles. The minimum Gasteiger partial charge on any atom is -0.462 e. The van der Waals surface area contributed by atoms with Gasteiger partial charge in [0.25, 0.3) is 0 Å². The lowest BCUT2D eigenvalue weighted by molar-refractivity contribution is -0.150. The summed E-state index contributed by atoms with van der Waals surface area (Å²) in [5, 5.41) is 0. The van der Waals surface area contributed by atoms with E-state index in [1.807, 2.05) is 0 Å². The maximum atomic E-state index is 11.7. The van der Waals surface area contributed by atoms with Gasteiger partial charge >= 0.3 is 5.97 Å². The SMILES string of the molecule is CCCCCCCC1CCCCCCCCC(=O)O1. The molecular weight excluding hydrogens is 236 g/mol. The molecule has 0 aromatic heterocycles. The molecule has 2 nitrogen and oxygen atoms in total. The van der Waals surface area contributed by atoms with Crippen molar-refractivity contribution in [1.29, 1.82) is 0 Å². The van der Waals surface area contributed by atoms with Gasteiger partial charge in [0.15, 0.2) is 0 Å². The van der Waals surface area contributed by atoms with Crippen LogP contribution >= 0.6 is 0 Å². The fourth-order valence-electron chi connectivity index (χ4n) is 2.83. The Balaban J connectivity index is 2.23. The summed E-state index contributed by atoms with van der Waals surface area (Å²) in [7, 11) is 0. The molecule has 0 aromatic carbocycles. The smallest absolute Gasteiger partial charge is 0.306 e. The lowest BCUT2D eigenvalue weighted by atomic mass is 10.0. The summed E-state index contributed by atoms with van der Waals surface area (Å²) in [6.07, 6.45) is 16.8. The van der Waals surface area contributed by atoms with Gasteiger partial charge in [0.2, 0.25) is 0 Å². The number of unbranched alkanes of at least 4 members (excludes halogenated alkanes) is 4. The van der Waals surface area contributed by atoms with E-state index < -0.39 is 0 Å². The van der Waals surface area contributed by atoms with Gasteiger partial charge in [0.05, 0.1) is 0 Å². The Hall–Kier alpha value is -0.530. The van der Waals surface area contributed by atoms with Gasteiger partial charge in [-0.3, -0.25) is 4.79 Å². The molecule has 1 atom stereocenters. The molecule has 0 saturated carbocycles.